The van der Waals surface area contributed by atoms with Crippen molar-refractivity contribution in [3.05, 3.63) is 78.0 Å². The van der Waals surface area contributed by atoms with Crippen molar-refractivity contribution in [2.45, 2.75) is 54.4 Å². The van der Waals surface area contributed by atoms with E-state index in [4.69, 9.17) is 0 Å². The van der Waals surface area contributed by atoms with Gasteiger partial charge >= 0.3 is 0 Å². The Bertz CT molecular complexity index is 968. The van der Waals surface area contributed by atoms with Crippen molar-refractivity contribution in [1.29, 1.82) is 0 Å². The summed E-state index contributed by atoms with van der Waals surface area (Å²) < 4.78 is 2.20. The molecule has 0 spiro atoms. The van der Waals surface area contributed by atoms with Gasteiger partial charge in [0.2, 0.25) is 5.69 Å². The molecule has 0 fully saturated rings. The molecular weight excluding hydrogens is 350 g/mol. The van der Waals surface area contributed by atoms with Crippen LogP contribution in [-0.4, -0.2) is 0 Å². The lowest BCUT2D eigenvalue weighted by Gasteiger charge is -2.41. The molecule has 2 aromatic carbocycles. The number of hydrogen-bond donors (Lipinski definition) is 0. The van der Waals surface area contributed by atoms with E-state index in [9.17, 15) is 0 Å². The fourth-order valence-electron chi connectivity index (χ4n) is 5.04. The van der Waals surface area contributed by atoms with Gasteiger partial charge in [0.25, 0.3) is 0 Å². The minimum absolute atomic E-state index is 0.221. The highest BCUT2D eigenvalue weighted by Gasteiger charge is 2.35. The predicted molar refractivity (Wildman–Crippen MR) is 125 cm³/mol. The second-order valence-corrected chi connectivity index (χ2v) is 10.5. The molecule has 152 valence electrons. The van der Waals surface area contributed by atoms with Crippen LogP contribution >= 0.6 is 0 Å². The van der Waals surface area contributed by atoms with Gasteiger partial charge in [-0.05, 0) is 52.0 Å². The predicted octanol–water partition coefficient (Wildman–Crippen LogP) is 7.33. The van der Waals surface area contributed by atoms with Gasteiger partial charge in [-0.15, -0.1) is 0 Å². The zero-order chi connectivity index (χ0) is 21.4. The Labute approximate surface area is 177 Å². The van der Waals surface area contributed by atoms with Crippen molar-refractivity contribution < 1.29 is 4.57 Å². The lowest BCUT2D eigenvalue weighted by atomic mass is 9.63. The zero-order valence-corrected chi connectivity index (χ0v) is 19.4. The molecule has 1 heteroatoms. The van der Waals surface area contributed by atoms with E-state index in [0.29, 0.717) is 5.92 Å². The van der Waals surface area contributed by atoms with Crippen LogP contribution < -0.4 is 4.57 Å². The first-order valence-corrected chi connectivity index (χ1v) is 10.6. The molecule has 0 bridgehead atoms. The fourth-order valence-corrected chi connectivity index (χ4v) is 5.04. The summed E-state index contributed by atoms with van der Waals surface area (Å²) in [5.74, 6) is 0.500. The minimum Gasteiger partial charge on any atom is -0.201 e. The molecule has 0 amide bonds. The average molecular weight is 387 g/mol. The van der Waals surface area contributed by atoms with Crippen LogP contribution in [0.4, 0.5) is 0 Å². The number of aryl methyl sites for hydroxylation is 2. The lowest BCUT2D eigenvalue weighted by molar-refractivity contribution is -0.660. The van der Waals surface area contributed by atoms with Crippen molar-refractivity contribution in [1.82, 2.24) is 0 Å². The Morgan fingerprint density at radius 1 is 0.724 bits per heavy atom. The van der Waals surface area contributed by atoms with E-state index in [1.165, 1.54) is 33.5 Å². The molecule has 1 heterocycles. The average Bonchev–Trinajstić information content (AvgIpc) is 2.61. The van der Waals surface area contributed by atoms with E-state index >= 15 is 0 Å². The van der Waals surface area contributed by atoms with Crippen LogP contribution in [0.15, 0.2) is 66.9 Å². The highest BCUT2D eigenvalue weighted by molar-refractivity contribution is 5.70. The fraction of sp³-hybridized carbons (Fsp3) is 0.393. The molecule has 1 aromatic heterocycles. The van der Waals surface area contributed by atoms with Crippen molar-refractivity contribution in [2.24, 2.45) is 17.9 Å². The maximum Gasteiger partial charge on any atom is 0.213 e. The molecule has 0 radical (unpaired) electrons. The summed E-state index contributed by atoms with van der Waals surface area (Å²) in [5, 5.41) is 0. The molecule has 0 atom stereocenters. The maximum atomic E-state index is 2.35. The van der Waals surface area contributed by atoms with Gasteiger partial charge < -0.3 is 0 Å². The Hall–Kier alpha value is -2.41. The summed E-state index contributed by atoms with van der Waals surface area (Å²) in [5.41, 5.74) is 8.22. The highest BCUT2D eigenvalue weighted by Crippen LogP contribution is 2.47. The second kappa shape index (κ2) is 7.78. The summed E-state index contributed by atoms with van der Waals surface area (Å²) in [4.78, 5) is 0. The first-order chi connectivity index (χ1) is 13.5. The first-order valence-electron chi connectivity index (χ1n) is 10.6. The third-order valence-corrected chi connectivity index (χ3v) is 5.88. The number of benzene rings is 2. The monoisotopic (exact) mass is 386 g/mol. The summed E-state index contributed by atoms with van der Waals surface area (Å²) in [6, 6.07) is 22.3. The maximum absolute atomic E-state index is 2.35. The van der Waals surface area contributed by atoms with Gasteiger partial charge in [0, 0.05) is 17.7 Å². The zero-order valence-electron chi connectivity index (χ0n) is 19.4. The lowest BCUT2D eigenvalue weighted by Crippen LogP contribution is -2.30. The van der Waals surface area contributed by atoms with E-state index < -0.39 is 0 Å². The van der Waals surface area contributed by atoms with E-state index in [1.807, 2.05) is 0 Å². The van der Waals surface area contributed by atoms with Crippen LogP contribution in [0.25, 0.3) is 22.4 Å². The molecule has 0 saturated heterocycles. The summed E-state index contributed by atoms with van der Waals surface area (Å²) in [6.07, 6.45) is 2.16. The number of nitrogens with zero attached hydrogens (tertiary/aromatic N) is 1. The first kappa shape index (κ1) is 21.3. The van der Waals surface area contributed by atoms with Crippen LogP contribution in [0, 0.1) is 17.8 Å². The van der Waals surface area contributed by atoms with Gasteiger partial charge in [-0.1, -0.05) is 84.0 Å². The van der Waals surface area contributed by atoms with E-state index in [0.717, 1.165) is 0 Å². The molecule has 3 rings (SSSR count). The standard InChI is InChI=1S/C28H36N/c1-20-11-9-10-12-24(20)25-19-23(17-18-29(25)8)21-13-15-22(16-14-21)26(27(2,3)4)28(5,6)7/h9-19,26H,1-8H3/q+1. The highest BCUT2D eigenvalue weighted by atomic mass is 14.9. The van der Waals surface area contributed by atoms with Gasteiger partial charge in [0.1, 0.15) is 7.05 Å². The van der Waals surface area contributed by atoms with E-state index in [2.05, 4.69) is 127 Å². The Morgan fingerprint density at radius 3 is 1.86 bits per heavy atom. The number of aromatic nitrogens is 1. The van der Waals surface area contributed by atoms with Crippen molar-refractivity contribution in [3.8, 4) is 22.4 Å². The van der Waals surface area contributed by atoms with E-state index in [-0.39, 0.29) is 10.8 Å². The Kier molecular flexibility index (Phi) is 5.72. The summed E-state index contributed by atoms with van der Waals surface area (Å²) in [6.45, 7) is 16.3. The van der Waals surface area contributed by atoms with Crippen LogP contribution in [0.3, 0.4) is 0 Å². The Balaban J connectivity index is 2.01. The van der Waals surface area contributed by atoms with Crippen LogP contribution in [0.5, 0.6) is 0 Å². The number of hydrogen-bond acceptors (Lipinski definition) is 0. The SMILES string of the molecule is Cc1ccccc1-c1cc(-c2ccc(C(C(C)(C)C)C(C)(C)C)cc2)cc[n+]1C. The summed E-state index contributed by atoms with van der Waals surface area (Å²) in [7, 11) is 2.12. The molecule has 0 aliphatic rings. The van der Waals surface area contributed by atoms with E-state index in [1.54, 1.807) is 0 Å². The van der Waals surface area contributed by atoms with Crippen LogP contribution in [0.1, 0.15) is 58.6 Å². The van der Waals surface area contributed by atoms with Gasteiger partial charge in [-0.2, -0.15) is 0 Å². The molecule has 3 aromatic rings. The van der Waals surface area contributed by atoms with Crippen LogP contribution in [-0.2, 0) is 7.05 Å². The molecule has 1 nitrogen and oxygen atoms in total. The molecule has 0 saturated carbocycles. The van der Waals surface area contributed by atoms with Gasteiger partial charge in [0.05, 0.1) is 0 Å². The molecule has 0 aliphatic carbocycles. The minimum atomic E-state index is 0.221. The molecule has 29 heavy (non-hydrogen) atoms. The number of rotatable bonds is 3. The molecule has 0 unspecified atom stereocenters. The largest absolute Gasteiger partial charge is 0.213 e. The van der Waals surface area contributed by atoms with Crippen molar-refractivity contribution >= 4 is 0 Å². The van der Waals surface area contributed by atoms with Gasteiger partial charge in [-0.25, -0.2) is 4.57 Å². The topological polar surface area (TPSA) is 3.88 Å². The quantitative estimate of drug-likeness (QED) is 0.415. The molecular formula is C28H36N+. The van der Waals surface area contributed by atoms with Crippen molar-refractivity contribution in [3.63, 3.8) is 0 Å². The van der Waals surface area contributed by atoms with Gasteiger partial charge in [0.15, 0.2) is 6.20 Å². The number of pyridine rings is 1. The second-order valence-electron chi connectivity index (χ2n) is 10.5. The molecule has 0 aliphatic heterocycles. The van der Waals surface area contributed by atoms with Gasteiger partial charge in [-0.3, -0.25) is 0 Å². The Morgan fingerprint density at radius 2 is 1.31 bits per heavy atom. The third kappa shape index (κ3) is 4.61. The normalized spacial score (nSPS) is 12.4. The summed E-state index contributed by atoms with van der Waals surface area (Å²) >= 11 is 0. The van der Waals surface area contributed by atoms with Crippen molar-refractivity contribution in [2.75, 3.05) is 0 Å². The third-order valence-electron chi connectivity index (χ3n) is 5.88. The molecule has 0 N–H and O–H groups in total. The van der Waals surface area contributed by atoms with Crippen LogP contribution in [0.2, 0.25) is 0 Å². The smallest absolute Gasteiger partial charge is 0.201 e.